The molecule has 11 heteroatoms. The van der Waals surface area contributed by atoms with E-state index in [9.17, 15) is 14.4 Å². The van der Waals surface area contributed by atoms with Gasteiger partial charge in [0.05, 0.1) is 39.6 Å². The summed E-state index contributed by atoms with van der Waals surface area (Å²) in [4.78, 5) is 42.0. The maximum absolute atomic E-state index is 12.4. The van der Waals surface area contributed by atoms with Crippen molar-refractivity contribution in [2.45, 2.75) is 34.2 Å². The summed E-state index contributed by atoms with van der Waals surface area (Å²) < 4.78 is 15.9. The van der Waals surface area contributed by atoms with Crippen molar-refractivity contribution in [3.63, 3.8) is 0 Å². The summed E-state index contributed by atoms with van der Waals surface area (Å²) in [5.74, 6) is -0.0931. The summed E-state index contributed by atoms with van der Waals surface area (Å²) in [5, 5.41) is 6.48. The van der Waals surface area contributed by atoms with Crippen LogP contribution in [0.1, 0.15) is 43.6 Å². The topological polar surface area (TPSA) is 137 Å². The highest BCUT2D eigenvalue weighted by Crippen LogP contribution is 2.22. The van der Waals surface area contributed by atoms with Crippen LogP contribution in [0.5, 0.6) is 5.75 Å². The molecule has 0 aliphatic carbocycles. The second-order valence-electron chi connectivity index (χ2n) is 5.59. The number of aromatic amines is 1. The zero-order chi connectivity index (χ0) is 24.3. The van der Waals surface area contributed by atoms with Crippen molar-refractivity contribution in [2.75, 3.05) is 26.6 Å². The highest BCUT2D eigenvalue weighted by molar-refractivity contribution is 5.90. The fourth-order valence-electron chi connectivity index (χ4n) is 2.61. The van der Waals surface area contributed by atoms with Gasteiger partial charge in [-0.2, -0.15) is 5.10 Å². The van der Waals surface area contributed by atoms with E-state index in [2.05, 4.69) is 25.1 Å². The standard InChI is InChI=1S/C17H17N5O6.2C2H6/c1-26-12-6-9(15(24)27-2)4-5-10(12)8-22-13-11(7-18-22)19-16(20-14(13)23)21-17(25)28-3;2*1-2/h4-7H,8H2,1-3H3,(H2,19,20,21,23,25);2*1-2H3. The number of hydrogen-bond donors (Lipinski definition) is 2. The molecule has 0 atom stereocenters. The lowest BCUT2D eigenvalue weighted by molar-refractivity contribution is 0.0600. The number of aromatic nitrogens is 4. The average Bonchev–Trinajstić information content (AvgIpc) is 3.24. The minimum Gasteiger partial charge on any atom is -0.496 e. The first-order chi connectivity index (χ1) is 15.5. The molecule has 3 rings (SSSR count). The number of fused-ring (bicyclic) bond motifs is 1. The van der Waals surface area contributed by atoms with Crippen LogP contribution in [0, 0.1) is 0 Å². The number of nitrogens with one attached hydrogen (secondary N) is 2. The highest BCUT2D eigenvalue weighted by Gasteiger charge is 2.15. The zero-order valence-corrected chi connectivity index (χ0v) is 19.3. The fourth-order valence-corrected chi connectivity index (χ4v) is 2.61. The van der Waals surface area contributed by atoms with Gasteiger partial charge in [-0.15, -0.1) is 0 Å². The Balaban J connectivity index is 0.00000121. The number of amides is 1. The summed E-state index contributed by atoms with van der Waals surface area (Å²) in [6.07, 6.45) is 0.646. The molecule has 3 aromatic rings. The smallest absolute Gasteiger partial charge is 0.413 e. The lowest BCUT2D eigenvalue weighted by Crippen LogP contribution is -2.19. The minimum absolute atomic E-state index is 0.0519. The summed E-state index contributed by atoms with van der Waals surface area (Å²) in [7, 11) is 3.96. The molecule has 2 N–H and O–H groups in total. The van der Waals surface area contributed by atoms with E-state index >= 15 is 0 Å². The Hall–Kier alpha value is -3.89. The molecule has 0 aliphatic rings. The Labute approximate surface area is 185 Å². The third-order valence-electron chi connectivity index (χ3n) is 3.93. The number of carbonyl (C=O) groups is 2. The van der Waals surface area contributed by atoms with Gasteiger partial charge in [-0.05, 0) is 12.1 Å². The van der Waals surface area contributed by atoms with Crippen LogP contribution in [0.2, 0.25) is 0 Å². The van der Waals surface area contributed by atoms with Gasteiger partial charge in [-0.3, -0.25) is 19.8 Å². The number of carbonyl (C=O) groups excluding carboxylic acids is 2. The first kappa shape index (κ1) is 26.1. The molecular formula is C21H29N5O6. The normalized spacial score (nSPS) is 9.59. The predicted molar refractivity (Wildman–Crippen MR) is 120 cm³/mol. The number of methoxy groups -OCH3 is 3. The zero-order valence-electron chi connectivity index (χ0n) is 19.3. The number of rotatable bonds is 5. The second-order valence-corrected chi connectivity index (χ2v) is 5.59. The van der Waals surface area contributed by atoms with E-state index in [1.807, 2.05) is 27.7 Å². The molecule has 2 aromatic heterocycles. The van der Waals surface area contributed by atoms with Crippen molar-refractivity contribution in [3.05, 3.63) is 45.9 Å². The second kappa shape index (κ2) is 12.7. The van der Waals surface area contributed by atoms with Gasteiger partial charge in [0.15, 0.2) is 5.52 Å². The number of benzene rings is 1. The number of H-pyrrole nitrogens is 1. The Kier molecular flexibility index (Phi) is 10.4. The molecule has 0 unspecified atom stereocenters. The molecule has 2 heterocycles. The van der Waals surface area contributed by atoms with Crippen molar-refractivity contribution >= 4 is 29.0 Å². The van der Waals surface area contributed by atoms with Crippen LogP contribution >= 0.6 is 0 Å². The number of hydrogen-bond acceptors (Lipinski definition) is 8. The Morgan fingerprint density at radius 3 is 2.38 bits per heavy atom. The molecule has 0 fully saturated rings. The van der Waals surface area contributed by atoms with Crippen LogP contribution < -0.4 is 15.6 Å². The first-order valence-corrected chi connectivity index (χ1v) is 10.0. The molecule has 1 aromatic carbocycles. The number of nitrogens with zero attached hydrogens (tertiary/aromatic N) is 3. The van der Waals surface area contributed by atoms with Gasteiger partial charge in [0.2, 0.25) is 5.95 Å². The Morgan fingerprint density at radius 1 is 1.09 bits per heavy atom. The molecule has 32 heavy (non-hydrogen) atoms. The lowest BCUT2D eigenvalue weighted by Gasteiger charge is -2.11. The number of anilines is 1. The molecular weight excluding hydrogens is 418 g/mol. The van der Waals surface area contributed by atoms with E-state index in [-0.39, 0.29) is 18.0 Å². The van der Waals surface area contributed by atoms with Gasteiger partial charge in [-0.25, -0.2) is 14.6 Å². The molecule has 0 spiro atoms. The highest BCUT2D eigenvalue weighted by atomic mass is 16.5. The number of ether oxygens (including phenoxy) is 3. The molecule has 174 valence electrons. The van der Waals surface area contributed by atoms with Crippen molar-refractivity contribution in [1.82, 2.24) is 19.7 Å². The lowest BCUT2D eigenvalue weighted by atomic mass is 10.1. The fraction of sp³-hybridized carbons (Fsp3) is 0.381. The van der Waals surface area contributed by atoms with E-state index in [1.54, 1.807) is 18.2 Å². The summed E-state index contributed by atoms with van der Waals surface area (Å²) >= 11 is 0. The van der Waals surface area contributed by atoms with E-state index in [1.165, 1.54) is 32.2 Å². The van der Waals surface area contributed by atoms with Gasteiger partial charge in [0, 0.05) is 5.56 Å². The van der Waals surface area contributed by atoms with Gasteiger partial charge in [-0.1, -0.05) is 33.8 Å². The quantitative estimate of drug-likeness (QED) is 0.569. The van der Waals surface area contributed by atoms with Crippen molar-refractivity contribution in [3.8, 4) is 5.75 Å². The van der Waals surface area contributed by atoms with E-state index in [0.29, 0.717) is 22.4 Å². The van der Waals surface area contributed by atoms with Crippen LogP contribution in [-0.4, -0.2) is 53.1 Å². The molecule has 1 amide bonds. The number of esters is 1. The SMILES string of the molecule is CC.CC.COC(=O)Nc1nc2cnn(Cc3ccc(C(=O)OC)cc3OC)c2c(=O)[nH]1. The Bertz CT molecular complexity index is 1110. The van der Waals surface area contributed by atoms with E-state index in [0.717, 1.165) is 0 Å². The molecule has 0 bridgehead atoms. The third-order valence-corrected chi connectivity index (χ3v) is 3.93. The average molecular weight is 447 g/mol. The van der Waals surface area contributed by atoms with Crippen LogP contribution in [0.15, 0.2) is 29.2 Å². The van der Waals surface area contributed by atoms with Gasteiger partial charge in [0.1, 0.15) is 11.3 Å². The molecule has 0 radical (unpaired) electrons. The third kappa shape index (κ3) is 6.06. The predicted octanol–water partition coefficient (Wildman–Crippen LogP) is 3.19. The van der Waals surface area contributed by atoms with Crippen molar-refractivity contribution in [2.24, 2.45) is 0 Å². The molecule has 0 saturated carbocycles. The van der Waals surface area contributed by atoms with Gasteiger partial charge < -0.3 is 14.2 Å². The van der Waals surface area contributed by atoms with Crippen LogP contribution in [0.3, 0.4) is 0 Å². The summed E-state index contributed by atoms with van der Waals surface area (Å²) in [6.45, 7) is 8.20. The van der Waals surface area contributed by atoms with Gasteiger partial charge >= 0.3 is 12.1 Å². The minimum atomic E-state index is -0.759. The molecule has 0 saturated heterocycles. The van der Waals surface area contributed by atoms with E-state index in [4.69, 9.17) is 9.47 Å². The first-order valence-electron chi connectivity index (χ1n) is 10.0. The van der Waals surface area contributed by atoms with Crippen molar-refractivity contribution < 1.29 is 23.8 Å². The van der Waals surface area contributed by atoms with Crippen LogP contribution in [0.4, 0.5) is 10.7 Å². The molecule has 11 nitrogen and oxygen atoms in total. The maximum atomic E-state index is 12.4. The summed E-state index contributed by atoms with van der Waals surface area (Å²) in [5.41, 5.74) is 1.05. The monoisotopic (exact) mass is 447 g/mol. The molecule has 0 aliphatic heterocycles. The van der Waals surface area contributed by atoms with Crippen molar-refractivity contribution in [1.29, 1.82) is 0 Å². The van der Waals surface area contributed by atoms with Gasteiger partial charge in [0.25, 0.3) is 5.56 Å². The largest absolute Gasteiger partial charge is 0.496 e. The Morgan fingerprint density at radius 2 is 1.78 bits per heavy atom. The van der Waals surface area contributed by atoms with E-state index < -0.39 is 17.6 Å². The van der Waals surface area contributed by atoms with Crippen LogP contribution in [0.25, 0.3) is 11.0 Å². The summed E-state index contributed by atoms with van der Waals surface area (Å²) in [6, 6.07) is 4.83. The maximum Gasteiger partial charge on any atom is 0.413 e. The van der Waals surface area contributed by atoms with Crippen LogP contribution in [-0.2, 0) is 16.0 Å².